The summed E-state index contributed by atoms with van der Waals surface area (Å²) < 4.78 is 5.26. The highest BCUT2D eigenvalue weighted by Gasteiger charge is 2.21. The maximum atomic E-state index is 12.6. The van der Waals surface area contributed by atoms with Gasteiger partial charge in [0, 0.05) is 30.7 Å². The standard InChI is InChI=1S/C22H25N3O3/c1-24(2)17-11-9-15(10-12-17)19(25(3)4)14-23-21(26)18-13-16-7-5-6-8-20(16)28-22(18)27/h5-13,19H,14H2,1-4H3,(H,23,26)/p+1/t19-/m0/s1. The fraction of sp³-hybridized carbons (Fsp3) is 0.273. The average Bonchev–Trinajstić information content (AvgIpc) is 2.67. The summed E-state index contributed by atoms with van der Waals surface area (Å²) >= 11 is 0. The molecule has 3 rings (SSSR count). The first-order valence-electron chi connectivity index (χ1n) is 9.25. The Bertz CT molecular complexity index is 1020. The van der Waals surface area contributed by atoms with Gasteiger partial charge in [-0.25, -0.2) is 4.79 Å². The number of carbonyl (C=O) groups is 1. The Balaban J connectivity index is 1.77. The second-order valence-corrected chi connectivity index (χ2v) is 7.31. The third kappa shape index (κ3) is 4.23. The van der Waals surface area contributed by atoms with Crippen molar-refractivity contribution in [1.82, 2.24) is 5.32 Å². The highest BCUT2D eigenvalue weighted by molar-refractivity contribution is 5.96. The largest absolute Gasteiger partial charge is 0.422 e. The van der Waals surface area contributed by atoms with Crippen LogP contribution in [0, 0.1) is 0 Å². The number of likely N-dealkylation sites (N-methyl/N-ethyl adjacent to an activating group) is 1. The Morgan fingerprint density at radius 1 is 1.11 bits per heavy atom. The van der Waals surface area contributed by atoms with E-state index in [1.165, 1.54) is 4.90 Å². The van der Waals surface area contributed by atoms with Crippen molar-refractivity contribution in [1.29, 1.82) is 0 Å². The summed E-state index contributed by atoms with van der Waals surface area (Å²) in [5.41, 5.74) is 2.11. The quantitative estimate of drug-likeness (QED) is 0.636. The van der Waals surface area contributed by atoms with Gasteiger partial charge in [-0.1, -0.05) is 30.3 Å². The lowest BCUT2D eigenvalue weighted by atomic mass is 10.0. The van der Waals surface area contributed by atoms with E-state index < -0.39 is 11.5 Å². The molecule has 0 aliphatic carbocycles. The Morgan fingerprint density at radius 2 is 1.79 bits per heavy atom. The van der Waals surface area contributed by atoms with Gasteiger partial charge in [0.25, 0.3) is 5.91 Å². The minimum Gasteiger partial charge on any atom is -0.422 e. The monoisotopic (exact) mass is 380 g/mol. The van der Waals surface area contributed by atoms with Crippen LogP contribution in [-0.2, 0) is 0 Å². The van der Waals surface area contributed by atoms with Gasteiger partial charge in [0.15, 0.2) is 0 Å². The van der Waals surface area contributed by atoms with Crippen LogP contribution in [0.25, 0.3) is 11.0 Å². The number of amides is 1. The zero-order chi connectivity index (χ0) is 20.3. The van der Waals surface area contributed by atoms with Crippen LogP contribution in [-0.4, -0.2) is 40.6 Å². The summed E-state index contributed by atoms with van der Waals surface area (Å²) in [7, 11) is 8.08. The number of hydrogen-bond acceptors (Lipinski definition) is 4. The first-order valence-corrected chi connectivity index (χ1v) is 9.25. The second-order valence-electron chi connectivity index (χ2n) is 7.31. The minimum absolute atomic E-state index is 0.0224. The van der Waals surface area contributed by atoms with Crippen molar-refractivity contribution in [2.45, 2.75) is 6.04 Å². The number of hydrogen-bond donors (Lipinski definition) is 2. The Kier molecular flexibility index (Phi) is 5.80. The molecule has 1 amide bonds. The number of rotatable bonds is 6. The van der Waals surface area contributed by atoms with Crippen molar-refractivity contribution < 1.29 is 14.1 Å². The van der Waals surface area contributed by atoms with Gasteiger partial charge in [-0.15, -0.1) is 0 Å². The van der Waals surface area contributed by atoms with E-state index in [0.717, 1.165) is 16.6 Å². The van der Waals surface area contributed by atoms with E-state index in [0.29, 0.717) is 12.1 Å². The molecule has 146 valence electrons. The molecule has 2 N–H and O–H groups in total. The summed E-state index contributed by atoms with van der Waals surface area (Å²) in [5, 5.41) is 3.62. The van der Waals surface area contributed by atoms with Crippen LogP contribution < -0.4 is 20.7 Å². The van der Waals surface area contributed by atoms with Gasteiger partial charge in [0.05, 0.1) is 20.6 Å². The van der Waals surface area contributed by atoms with E-state index in [4.69, 9.17) is 4.42 Å². The number of carbonyl (C=O) groups excluding carboxylic acids is 1. The topological polar surface area (TPSA) is 67.0 Å². The number of nitrogens with one attached hydrogen (secondary N) is 2. The third-order valence-electron chi connectivity index (χ3n) is 4.86. The summed E-state index contributed by atoms with van der Waals surface area (Å²) in [4.78, 5) is 28.0. The number of fused-ring (bicyclic) bond motifs is 1. The van der Waals surface area contributed by atoms with Crippen molar-refractivity contribution in [3.8, 4) is 0 Å². The lowest BCUT2D eigenvalue weighted by Gasteiger charge is -2.23. The van der Waals surface area contributed by atoms with Gasteiger partial charge in [0.2, 0.25) is 0 Å². The first-order chi connectivity index (χ1) is 13.4. The number of quaternary nitrogens is 1. The molecule has 1 heterocycles. The van der Waals surface area contributed by atoms with Crippen molar-refractivity contribution in [3.05, 3.63) is 76.1 Å². The van der Waals surface area contributed by atoms with E-state index in [1.54, 1.807) is 18.2 Å². The molecule has 6 nitrogen and oxygen atoms in total. The summed E-state index contributed by atoms with van der Waals surface area (Å²) in [6, 6.07) is 17.1. The van der Waals surface area contributed by atoms with E-state index in [-0.39, 0.29) is 11.6 Å². The first kappa shape index (κ1) is 19.6. The number of benzene rings is 2. The van der Waals surface area contributed by atoms with Crippen LogP contribution in [0.4, 0.5) is 5.69 Å². The second kappa shape index (κ2) is 8.27. The molecule has 0 aliphatic heterocycles. The Labute approximate surface area is 164 Å². The van der Waals surface area contributed by atoms with Crippen LogP contribution in [0.5, 0.6) is 0 Å². The van der Waals surface area contributed by atoms with Crippen LogP contribution >= 0.6 is 0 Å². The van der Waals surface area contributed by atoms with Gasteiger partial charge in [-0.05, 0) is 24.3 Å². The molecule has 28 heavy (non-hydrogen) atoms. The van der Waals surface area contributed by atoms with E-state index in [2.05, 4.69) is 29.6 Å². The predicted octanol–water partition coefficient (Wildman–Crippen LogP) is 1.47. The number of anilines is 1. The van der Waals surface area contributed by atoms with Crippen LogP contribution in [0.15, 0.2) is 63.8 Å². The van der Waals surface area contributed by atoms with Crippen LogP contribution in [0.3, 0.4) is 0 Å². The SMILES string of the molecule is CN(C)c1ccc([C@H](CNC(=O)c2cc3ccccc3oc2=O)[NH+](C)C)cc1. The van der Waals surface area contributed by atoms with Crippen molar-refractivity contribution in [2.75, 3.05) is 39.6 Å². The van der Waals surface area contributed by atoms with Crippen LogP contribution in [0.2, 0.25) is 0 Å². The molecular formula is C22H26N3O3+. The number of para-hydroxylation sites is 1. The summed E-state index contributed by atoms with van der Waals surface area (Å²) in [5.74, 6) is -0.421. The maximum absolute atomic E-state index is 12.6. The Morgan fingerprint density at radius 3 is 2.43 bits per heavy atom. The van der Waals surface area contributed by atoms with Gasteiger partial charge in [-0.2, -0.15) is 0 Å². The fourth-order valence-electron chi connectivity index (χ4n) is 3.17. The molecule has 0 bridgehead atoms. The van der Waals surface area contributed by atoms with Gasteiger partial charge < -0.3 is 19.5 Å². The predicted molar refractivity (Wildman–Crippen MR) is 111 cm³/mol. The van der Waals surface area contributed by atoms with E-state index in [9.17, 15) is 9.59 Å². The highest BCUT2D eigenvalue weighted by Crippen LogP contribution is 2.16. The molecular weight excluding hydrogens is 354 g/mol. The lowest BCUT2D eigenvalue weighted by Crippen LogP contribution is -3.07. The Hall–Kier alpha value is -3.12. The zero-order valence-electron chi connectivity index (χ0n) is 16.7. The molecule has 2 aromatic carbocycles. The van der Waals surface area contributed by atoms with Gasteiger partial charge in [-0.3, -0.25) is 4.79 Å². The lowest BCUT2D eigenvalue weighted by molar-refractivity contribution is -0.890. The molecule has 6 heteroatoms. The fourth-order valence-corrected chi connectivity index (χ4v) is 3.17. The zero-order valence-corrected chi connectivity index (χ0v) is 16.7. The molecule has 1 aromatic heterocycles. The highest BCUT2D eigenvalue weighted by atomic mass is 16.4. The molecule has 0 aliphatic rings. The molecule has 3 aromatic rings. The normalized spacial score (nSPS) is 12.2. The summed E-state index contributed by atoms with van der Waals surface area (Å²) in [6.45, 7) is 0.411. The molecule has 0 saturated carbocycles. The minimum atomic E-state index is -0.625. The summed E-state index contributed by atoms with van der Waals surface area (Å²) in [6.07, 6.45) is 0. The van der Waals surface area contributed by atoms with Crippen molar-refractivity contribution in [2.24, 2.45) is 0 Å². The molecule has 0 unspecified atom stereocenters. The van der Waals surface area contributed by atoms with Crippen molar-refractivity contribution >= 4 is 22.6 Å². The smallest absolute Gasteiger partial charge is 0.349 e. The number of nitrogens with zero attached hydrogens (tertiary/aromatic N) is 1. The molecule has 0 fully saturated rings. The van der Waals surface area contributed by atoms with Crippen molar-refractivity contribution in [3.63, 3.8) is 0 Å². The maximum Gasteiger partial charge on any atom is 0.349 e. The van der Waals surface area contributed by atoms with Gasteiger partial charge >= 0.3 is 5.63 Å². The van der Waals surface area contributed by atoms with E-state index in [1.807, 2.05) is 45.2 Å². The third-order valence-corrected chi connectivity index (χ3v) is 4.86. The molecule has 0 spiro atoms. The molecule has 1 atom stereocenters. The average molecular weight is 380 g/mol. The molecule has 0 radical (unpaired) electrons. The molecule has 0 saturated heterocycles. The van der Waals surface area contributed by atoms with Gasteiger partial charge in [0.1, 0.15) is 17.2 Å². The van der Waals surface area contributed by atoms with Crippen LogP contribution in [0.1, 0.15) is 22.0 Å². The van der Waals surface area contributed by atoms with E-state index >= 15 is 0 Å².